The fourth-order valence-corrected chi connectivity index (χ4v) is 2.69. The zero-order chi connectivity index (χ0) is 16.2. The van der Waals surface area contributed by atoms with Gasteiger partial charge in [-0.05, 0) is 18.2 Å². The van der Waals surface area contributed by atoms with E-state index in [9.17, 15) is 22.4 Å². The van der Waals surface area contributed by atoms with Gasteiger partial charge in [-0.1, -0.05) is 0 Å². The summed E-state index contributed by atoms with van der Waals surface area (Å²) in [5.41, 5.74) is -0.358. The van der Waals surface area contributed by atoms with Crippen molar-refractivity contribution in [3.63, 3.8) is 0 Å². The molecule has 1 N–H and O–H groups in total. The molecule has 1 aromatic rings. The van der Waals surface area contributed by atoms with E-state index in [0.29, 0.717) is 6.07 Å². The van der Waals surface area contributed by atoms with Crippen LogP contribution in [0.3, 0.4) is 0 Å². The summed E-state index contributed by atoms with van der Waals surface area (Å²) in [4.78, 5) is 21.0. The summed E-state index contributed by atoms with van der Waals surface area (Å²) in [6.45, 7) is -0.185. The molecule has 0 aromatic heterocycles. The van der Waals surface area contributed by atoms with Gasteiger partial charge in [0.1, 0.15) is 10.7 Å². The number of sulfonamides is 1. The van der Waals surface area contributed by atoms with Crippen molar-refractivity contribution in [2.45, 2.75) is 11.3 Å². The van der Waals surface area contributed by atoms with Gasteiger partial charge in [0.05, 0.1) is 19.1 Å². The fraction of sp³-hybridized carbons (Fsp3) is 0.333. The van der Waals surface area contributed by atoms with Gasteiger partial charge < -0.3 is 9.84 Å². The molecule has 0 aliphatic rings. The van der Waals surface area contributed by atoms with Crippen molar-refractivity contribution in [1.29, 1.82) is 0 Å². The number of benzene rings is 1. The van der Waals surface area contributed by atoms with Crippen LogP contribution in [0.2, 0.25) is 0 Å². The van der Waals surface area contributed by atoms with Crippen LogP contribution in [0.15, 0.2) is 23.1 Å². The van der Waals surface area contributed by atoms with Crippen LogP contribution < -0.4 is 0 Å². The molecule has 9 heteroatoms. The molecule has 0 spiro atoms. The number of carboxylic acids is 1. The number of ether oxygens (including phenoxy) is 1. The zero-order valence-corrected chi connectivity index (χ0v) is 12.2. The number of halogens is 1. The Balaban J connectivity index is 3.02. The number of hydrogen-bond donors (Lipinski definition) is 1. The molecule has 0 saturated heterocycles. The van der Waals surface area contributed by atoms with E-state index in [1.54, 1.807) is 0 Å². The van der Waals surface area contributed by atoms with Crippen LogP contribution in [0.5, 0.6) is 0 Å². The van der Waals surface area contributed by atoms with Gasteiger partial charge in [0, 0.05) is 13.6 Å². The van der Waals surface area contributed by atoms with Crippen molar-refractivity contribution in [1.82, 2.24) is 4.31 Å². The van der Waals surface area contributed by atoms with Crippen molar-refractivity contribution < 1.29 is 32.2 Å². The van der Waals surface area contributed by atoms with Gasteiger partial charge in [-0.3, -0.25) is 4.79 Å². The maximum Gasteiger partial charge on any atom is 0.335 e. The molecule has 0 aliphatic heterocycles. The number of methoxy groups -OCH3 is 1. The Bertz CT molecular complexity index is 658. The Kier molecular flexibility index (Phi) is 5.39. The van der Waals surface area contributed by atoms with Crippen LogP contribution in [-0.4, -0.2) is 50.5 Å². The minimum atomic E-state index is -4.16. The number of carboxylic acid groups (broad SMARTS) is 1. The first kappa shape index (κ1) is 17.1. The molecular formula is C12H14FNO6S. The molecule has 0 aliphatic carbocycles. The Labute approximate surface area is 121 Å². The number of carbonyl (C=O) groups is 2. The largest absolute Gasteiger partial charge is 0.478 e. The first-order chi connectivity index (χ1) is 9.70. The molecule has 116 valence electrons. The molecule has 0 saturated carbocycles. The number of rotatable bonds is 6. The van der Waals surface area contributed by atoms with Crippen LogP contribution in [0, 0.1) is 5.82 Å². The first-order valence-corrected chi connectivity index (χ1v) is 7.20. The summed E-state index contributed by atoms with van der Waals surface area (Å²) in [6.07, 6.45) is -0.180. The second-order valence-electron chi connectivity index (χ2n) is 4.10. The highest BCUT2D eigenvalue weighted by Crippen LogP contribution is 2.20. The van der Waals surface area contributed by atoms with Crippen LogP contribution in [-0.2, 0) is 19.6 Å². The van der Waals surface area contributed by atoms with Gasteiger partial charge in [0.2, 0.25) is 10.0 Å². The lowest BCUT2D eigenvalue weighted by Gasteiger charge is -2.17. The van der Waals surface area contributed by atoms with E-state index in [2.05, 4.69) is 4.74 Å². The average molecular weight is 319 g/mol. The molecule has 21 heavy (non-hydrogen) atoms. The van der Waals surface area contributed by atoms with Gasteiger partial charge in [-0.25, -0.2) is 21.9 Å². The monoisotopic (exact) mass is 319 g/mol. The number of aromatic carboxylic acids is 1. The van der Waals surface area contributed by atoms with E-state index in [1.807, 2.05) is 0 Å². The molecule has 0 radical (unpaired) electrons. The van der Waals surface area contributed by atoms with Gasteiger partial charge >= 0.3 is 11.9 Å². The van der Waals surface area contributed by atoms with Crippen LogP contribution in [0.4, 0.5) is 4.39 Å². The normalized spacial score (nSPS) is 11.4. The van der Waals surface area contributed by atoms with Gasteiger partial charge in [-0.2, -0.15) is 0 Å². The lowest BCUT2D eigenvalue weighted by molar-refractivity contribution is -0.140. The van der Waals surface area contributed by atoms with Crippen molar-refractivity contribution in [2.24, 2.45) is 0 Å². The van der Waals surface area contributed by atoms with Gasteiger partial charge in [0.25, 0.3) is 0 Å². The molecule has 0 heterocycles. The van der Waals surface area contributed by atoms with E-state index in [-0.39, 0.29) is 18.5 Å². The van der Waals surface area contributed by atoms with Crippen molar-refractivity contribution >= 4 is 22.0 Å². The highest BCUT2D eigenvalue weighted by molar-refractivity contribution is 7.89. The van der Waals surface area contributed by atoms with Crippen LogP contribution >= 0.6 is 0 Å². The molecule has 7 nitrogen and oxygen atoms in total. The van der Waals surface area contributed by atoms with E-state index in [1.165, 1.54) is 14.2 Å². The Hall–Kier alpha value is -2.00. The molecule has 1 rings (SSSR count). The van der Waals surface area contributed by atoms with Crippen molar-refractivity contribution in [3.05, 3.63) is 29.6 Å². The van der Waals surface area contributed by atoms with E-state index in [0.717, 1.165) is 16.4 Å². The van der Waals surface area contributed by atoms with E-state index >= 15 is 0 Å². The fourth-order valence-electron chi connectivity index (χ4n) is 1.48. The summed E-state index contributed by atoms with van der Waals surface area (Å²) in [7, 11) is -1.81. The molecule has 0 bridgehead atoms. The Morgan fingerprint density at radius 2 is 2.00 bits per heavy atom. The maximum atomic E-state index is 13.8. The predicted octanol–water partition coefficient (Wildman–Crippen LogP) is 0.707. The molecular weight excluding hydrogens is 305 g/mol. The summed E-state index contributed by atoms with van der Waals surface area (Å²) in [6, 6.07) is 2.50. The van der Waals surface area contributed by atoms with E-state index in [4.69, 9.17) is 5.11 Å². The topological polar surface area (TPSA) is 101 Å². The predicted molar refractivity (Wildman–Crippen MR) is 69.8 cm³/mol. The smallest absolute Gasteiger partial charge is 0.335 e. The summed E-state index contributed by atoms with van der Waals surface area (Å²) >= 11 is 0. The number of hydrogen-bond acceptors (Lipinski definition) is 5. The molecule has 0 fully saturated rings. The first-order valence-electron chi connectivity index (χ1n) is 5.76. The quantitative estimate of drug-likeness (QED) is 0.775. The second kappa shape index (κ2) is 6.64. The number of nitrogens with zero attached hydrogens (tertiary/aromatic N) is 1. The third-order valence-electron chi connectivity index (χ3n) is 2.73. The highest BCUT2D eigenvalue weighted by Gasteiger charge is 2.25. The van der Waals surface area contributed by atoms with E-state index < -0.39 is 32.7 Å². The van der Waals surface area contributed by atoms with Gasteiger partial charge in [-0.15, -0.1) is 0 Å². The lowest BCUT2D eigenvalue weighted by Crippen LogP contribution is -2.30. The van der Waals surface area contributed by atoms with Crippen LogP contribution in [0.1, 0.15) is 16.8 Å². The second-order valence-corrected chi connectivity index (χ2v) is 6.12. The summed E-state index contributed by atoms with van der Waals surface area (Å²) in [5.74, 6) is -3.13. The minimum Gasteiger partial charge on any atom is -0.478 e. The lowest BCUT2D eigenvalue weighted by atomic mass is 10.2. The molecule has 1 aromatic carbocycles. The Morgan fingerprint density at radius 1 is 1.38 bits per heavy atom. The molecule has 0 unspecified atom stereocenters. The van der Waals surface area contributed by atoms with Crippen molar-refractivity contribution in [2.75, 3.05) is 20.7 Å². The Morgan fingerprint density at radius 3 is 2.48 bits per heavy atom. The van der Waals surface area contributed by atoms with Gasteiger partial charge in [0.15, 0.2) is 0 Å². The third-order valence-corrected chi connectivity index (χ3v) is 4.62. The summed E-state index contributed by atoms with van der Waals surface area (Å²) < 4.78 is 43.2. The minimum absolute atomic E-state index is 0.180. The zero-order valence-electron chi connectivity index (χ0n) is 11.4. The number of esters is 1. The molecule has 0 amide bonds. The third kappa shape index (κ3) is 3.99. The SMILES string of the molecule is COC(=O)CCN(C)S(=O)(=O)c1ccc(C(=O)O)cc1F. The summed E-state index contributed by atoms with van der Waals surface area (Å²) in [5, 5.41) is 8.71. The standard InChI is InChI=1S/C12H14FNO6S/c1-14(6-5-11(15)20-2)21(18,19)10-4-3-8(12(16)17)7-9(10)13/h3-4,7H,5-6H2,1-2H3,(H,16,17). The maximum absolute atomic E-state index is 13.8. The van der Waals surface area contributed by atoms with Crippen LogP contribution in [0.25, 0.3) is 0 Å². The average Bonchev–Trinajstić information content (AvgIpc) is 2.43. The highest BCUT2D eigenvalue weighted by atomic mass is 32.2. The number of carbonyl (C=O) groups excluding carboxylic acids is 1. The molecule has 0 atom stereocenters. The van der Waals surface area contributed by atoms with Crippen molar-refractivity contribution in [3.8, 4) is 0 Å².